The van der Waals surface area contributed by atoms with Crippen LogP contribution in [0.4, 0.5) is 0 Å². The molecule has 1 saturated carbocycles. The molecule has 2 fully saturated rings. The van der Waals surface area contributed by atoms with Crippen LogP contribution in [0.5, 0.6) is 0 Å². The van der Waals surface area contributed by atoms with E-state index < -0.39 is 0 Å². The zero-order chi connectivity index (χ0) is 13.5. The molecule has 0 aromatic heterocycles. The molecule has 2 rings (SSSR count). The van der Waals surface area contributed by atoms with Gasteiger partial charge in [0.2, 0.25) is 0 Å². The lowest BCUT2D eigenvalue weighted by atomic mass is 9.83. The standard InChI is InChI=1S/C17H34N2/c1-3-12-19(14-16-8-7-11-18-13-16)15(2)17-9-5-4-6-10-17/h15-18H,3-14H2,1-2H3. The van der Waals surface area contributed by atoms with Crippen molar-refractivity contribution in [3.63, 3.8) is 0 Å². The van der Waals surface area contributed by atoms with Gasteiger partial charge in [-0.15, -0.1) is 0 Å². The van der Waals surface area contributed by atoms with E-state index >= 15 is 0 Å². The Morgan fingerprint density at radius 1 is 1.11 bits per heavy atom. The van der Waals surface area contributed by atoms with E-state index in [1.807, 2.05) is 0 Å². The van der Waals surface area contributed by atoms with Crippen LogP contribution in [0, 0.1) is 11.8 Å². The van der Waals surface area contributed by atoms with Crippen molar-refractivity contribution in [2.24, 2.45) is 11.8 Å². The van der Waals surface area contributed by atoms with Crippen molar-refractivity contribution in [2.75, 3.05) is 26.2 Å². The van der Waals surface area contributed by atoms with Gasteiger partial charge in [-0.05, 0) is 70.5 Å². The van der Waals surface area contributed by atoms with E-state index in [2.05, 4.69) is 24.1 Å². The van der Waals surface area contributed by atoms with Gasteiger partial charge in [-0.1, -0.05) is 26.2 Å². The van der Waals surface area contributed by atoms with Crippen molar-refractivity contribution in [1.29, 1.82) is 0 Å². The molecule has 0 radical (unpaired) electrons. The summed E-state index contributed by atoms with van der Waals surface area (Å²) in [4.78, 5) is 2.81. The summed E-state index contributed by atoms with van der Waals surface area (Å²) in [6.07, 6.45) is 11.5. The first kappa shape index (κ1) is 15.3. The van der Waals surface area contributed by atoms with Crippen molar-refractivity contribution in [3.05, 3.63) is 0 Å². The van der Waals surface area contributed by atoms with Gasteiger partial charge in [-0.25, -0.2) is 0 Å². The highest BCUT2D eigenvalue weighted by atomic mass is 15.2. The SMILES string of the molecule is CCCN(CC1CCCNC1)C(C)C1CCCCC1. The molecule has 1 aliphatic carbocycles. The Morgan fingerprint density at radius 3 is 2.53 bits per heavy atom. The first-order valence-corrected chi connectivity index (χ1v) is 8.76. The van der Waals surface area contributed by atoms with Crippen LogP contribution in [-0.2, 0) is 0 Å². The molecule has 1 N–H and O–H groups in total. The van der Waals surface area contributed by atoms with Gasteiger partial charge in [-0.3, -0.25) is 0 Å². The molecular weight excluding hydrogens is 232 g/mol. The van der Waals surface area contributed by atoms with E-state index in [4.69, 9.17) is 0 Å². The Hall–Kier alpha value is -0.0800. The summed E-state index contributed by atoms with van der Waals surface area (Å²) < 4.78 is 0. The lowest BCUT2D eigenvalue weighted by Crippen LogP contribution is -2.45. The third kappa shape index (κ3) is 4.75. The zero-order valence-corrected chi connectivity index (χ0v) is 13.2. The minimum atomic E-state index is 0.808. The Kier molecular flexibility index (Phi) is 6.66. The van der Waals surface area contributed by atoms with Crippen LogP contribution in [0.2, 0.25) is 0 Å². The Balaban J connectivity index is 1.85. The molecule has 112 valence electrons. The van der Waals surface area contributed by atoms with E-state index in [0.29, 0.717) is 0 Å². The van der Waals surface area contributed by atoms with Crippen molar-refractivity contribution < 1.29 is 0 Å². The molecule has 1 heterocycles. The van der Waals surface area contributed by atoms with Gasteiger partial charge >= 0.3 is 0 Å². The molecule has 0 aromatic carbocycles. The molecule has 19 heavy (non-hydrogen) atoms. The van der Waals surface area contributed by atoms with E-state index in [-0.39, 0.29) is 0 Å². The number of hydrogen-bond donors (Lipinski definition) is 1. The van der Waals surface area contributed by atoms with Crippen LogP contribution in [0.1, 0.15) is 65.2 Å². The van der Waals surface area contributed by atoms with Crippen molar-refractivity contribution in [1.82, 2.24) is 10.2 Å². The Bertz CT molecular complexity index is 229. The summed E-state index contributed by atoms with van der Waals surface area (Å²) in [7, 11) is 0. The third-order valence-corrected chi connectivity index (χ3v) is 5.31. The average Bonchev–Trinajstić information content (AvgIpc) is 2.48. The molecule has 2 unspecified atom stereocenters. The van der Waals surface area contributed by atoms with E-state index in [1.165, 1.54) is 77.5 Å². The van der Waals surface area contributed by atoms with Crippen molar-refractivity contribution in [3.8, 4) is 0 Å². The summed E-state index contributed by atoms with van der Waals surface area (Å²) in [6.45, 7) is 9.95. The van der Waals surface area contributed by atoms with Gasteiger partial charge in [0.15, 0.2) is 0 Å². The highest BCUT2D eigenvalue weighted by molar-refractivity contribution is 4.81. The number of nitrogens with one attached hydrogen (secondary N) is 1. The molecule has 0 bridgehead atoms. The molecule has 2 heteroatoms. The van der Waals surface area contributed by atoms with Crippen LogP contribution >= 0.6 is 0 Å². The first-order chi connectivity index (χ1) is 9.31. The van der Waals surface area contributed by atoms with Crippen LogP contribution in [-0.4, -0.2) is 37.1 Å². The fourth-order valence-corrected chi connectivity index (χ4v) is 4.07. The maximum Gasteiger partial charge on any atom is 0.00953 e. The first-order valence-electron chi connectivity index (χ1n) is 8.76. The van der Waals surface area contributed by atoms with Crippen LogP contribution < -0.4 is 5.32 Å². The van der Waals surface area contributed by atoms with Gasteiger partial charge in [0, 0.05) is 12.6 Å². The number of piperidine rings is 1. The average molecular weight is 266 g/mol. The molecule has 2 atom stereocenters. The number of nitrogens with zero attached hydrogens (tertiary/aromatic N) is 1. The lowest BCUT2D eigenvalue weighted by Gasteiger charge is -2.39. The normalized spacial score (nSPS) is 27.6. The fraction of sp³-hybridized carbons (Fsp3) is 1.00. The van der Waals surface area contributed by atoms with Crippen molar-refractivity contribution >= 4 is 0 Å². The Morgan fingerprint density at radius 2 is 1.89 bits per heavy atom. The van der Waals surface area contributed by atoms with E-state index in [1.54, 1.807) is 0 Å². The minimum absolute atomic E-state index is 0.808. The molecule has 2 nitrogen and oxygen atoms in total. The lowest BCUT2D eigenvalue weighted by molar-refractivity contribution is 0.104. The minimum Gasteiger partial charge on any atom is -0.316 e. The predicted octanol–water partition coefficient (Wildman–Crippen LogP) is 3.67. The second-order valence-corrected chi connectivity index (χ2v) is 6.85. The summed E-state index contributed by atoms with van der Waals surface area (Å²) >= 11 is 0. The van der Waals surface area contributed by atoms with E-state index in [9.17, 15) is 0 Å². The number of rotatable bonds is 6. The highest BCUT2D eigenvalue weighted by Crippen LogP contribution is 2.29. The molecule has 0 amide bonds. The van der Waals surface area contributed by atoms with Gasteiger partial charge in [0.25, 0.3) is 0 Å². The number of hydrogen-bond acceptors (Lipinski definition) is 2. The van der Waals surface area contributed by atoms with Gasteiger partial charge in [0.05, 0.1) is 0 Å². The Labute approximate surface area is 120 Å². The third-order valence-electron chi connectivity index (χ3n) is 5.31. The maximum absolute atomic E-state index is 3.57. The summed E-state index contributed by atoms with van der Waals surface area (Å²) in [6, 6.07) is 0.808. The van der Waals surface area contributed by atoms with E-state index in [0.717, 1.165) is 17.9 Å². The van der Waals surface area contributed by atoms with Gasteiger partial charge in [-0.2, -0.15) is 0 Å². The van der Waals surface area contributed by atoms with Crippen molar-refractivity contribution in [2.45, 2.75) is 71.3 Å². The largest absolute Gasteiger partial charge is 0.316 e. The quantitative estimate of drug-likeness (QED) is 0.789. The zero-order valence-electron chi connectivity index (χ0n) is 13.2. The second kappa shape index (κ2) is 8.26. The van der Waals surface area contributed by atoms with Crippen LogP contribution in [0.15, 0.2) is 0 Å². The maximum atomic E-state index is 3.57. The second-order valence-electron chi connectivity index (χ2n) is 6.85. The summed E-state index contributed by atoms with van der Waals surface area (Å²) in [5, 5.41) is 3.57. The van der Waals surface area contributed by atoms with Gasteiger partial charge < -0.3 is 10.2 Å². The predicted molar refractivity (Wildman–Crippen MR) is 83.5 cm³/mol. The molecule has 1 saturated heterocycles. The van der Waals surface area contributed by atoms with Crippen LogP contribution in [0.3, 0.4) is 0 Å². The molecule has 1 aliphatic heterocycles. The molecule has 0 aromatic rings. The van der Waals surface area contributed by atoms with Gasteiger partial charge in [0.1, 0.15) is 0 Å². The molecule has 0 spiro atoms. The summed E-state index contributed by atoms with van der Waals surface area (Å²) in [5.74, 6) is 1.86. The smallest absolute Gasteiger partial charge is 0.00953 e. The molecular formula is C17H34N2. The van der Waals surface area contributed by atoms with Crippen LogP contribution in [0.25, 0.3) is 0 Å². The highest BCUT2D eigenvalue weighted by Gasteiger charge is 2.26. The summed E-state index contributed by atoms with van der Waals surface area (Å²) in [5.41, 5.74) is 0. The monoisotopic (exact) mass is 266 g/mol. The fourth-order valence-electron chi connectivity index (χ4n) is 4.07. The topological polar surface area (TPSA) is 15.3 Å². The molecule has 2 aliphatic rings.